The minimum Gasteiger partial charge on any atom is -0.486 e. The minimum absolute atomic E-state index is 0.108. The summed E-state index contributed by atoms with van der Waals surface area (Å²) in [5.41, 5.74) is 1.14. The number of nitrogens with one attached hydrogen (secondary N) is 2. The first kappa shape index (κ1) is 16.7. The minimum atomic E-state index is 0.108. The molecule has 1 amide bonds. The largest absolute Gasteiger partial charge is 0.486 e. The molecular weight excluding hydrogens is 316 g/mol. The molecule has 1 unspecified atom stereocenters. The Labute approximate surface area is 149 Å². The fourth-order valence-electron chi connectivity index (χ4n) is 3.91. The van der Waals surface area contributed by atoms with Gasteiger partial charge in [0.2, 0.25) is 5.91 Å². The quantitative estimate of drug-likeness (QED) is 0.833. The second-order valence-corrected chi connectivity index (χ2v) is 7.52. The highest BCUT2D eigenvalue weighted by atomic mass is 16.6. The summed E-state index contributed by atoms with van der Waals surface area (Å²) in [5.74, 6) is 3.05. The molecule has 136 valence electrons. The Morgan fingerprint density at radius 1 is 1.12 bits per heavy atom. The van der Waals surface area contributed by atoms with Gasteiger partial charge in [-0.25, -0.2) is 0 Å². The summed E-state index contributed by atoms with van der Waals surface area (Å²) < 4.78 is 11.3. The van der Waals surface area contributed by atoms with Gasteiger partial charge in [-0.1, -0.05) is 6.07 Å². The third-order valence-electron chi connectivity index (χ3n) is 5.57. The summed E-state index contributed by atoms with van der Waals surface area (Å²) in [5, 5.41) is 6.67. The first-order valence-corrected chi connectivity index (χ1v) is 9.69. The van der Waals surface area contributed by atoms with Crippen molar-refractivity contribution in [2.45, 2.75) is 44.6 Å². The van der Waals surface area contributed by atoms with Crippen molar-refractivity contribution in [3.63, 3.8) is 0 Å². The summed E-state index contributed by atoms with van der Waals surface area (Å²) >= 11 is 0. The number of amides is 1. The van der Waals surface area contributed by atoms with Crippen molar-refractivity contribution in [1.82, 2.24) is 10.6 Å². The smallest absolute Gasteiger partial charge is 0.220 e. The van der Waals surface area contributed by atoms with Gasteiger partial charge < -0.3 is 20.1 Å². The molecule has 2 fully saturated rings. The van der Waals surface area contributed by atoms with Gasteiger partial charge in [-0.2, -0.15) is 0 Å². The molecule has 4 rings (SSSR count). The normalized spacial score (nSPS) is 21.6. The second-order valence-electron chi connectivity index (χ2n) is 7.52. The number of fused-ring (bicyclic) bond motifs is 1. The summed E-state index contributed by atoms with van der Waals surface area (Å²) in [6.07, 6.45) is 6.41. The lowest BCUT2D eigenvalue weighted by Gasteiger charge is -2.24. The van der Waals surface area contributed by atoms with Gasteiger partial charge in [0, 0.05) is 6.42 Å². The molecule has 25 heavy (non-hydrogen) atoms. The molecule has 1 aromatic rings. The van der Waals surface area contributed by atoms with Crippen molar-refractivity contribution < 1.29 is 14.3 Å². The summed E-state index contributed by atoms with van der Waals surface area (Å²) in [6, 6.07) is 6.20. The van der Waals surface area contributed by atoms with Crippen LogP contribution in [0.5, 0.6) is 11.5 Å². The Morgan fingerprint density at radius 3 is 2.64 bits per heavy atom. The highest BCUT2D eigenvalue weighted by molar-refractivity contribution is 5.76. The molecule has 1 atom stereocenters. The molecule has 0 spiro atoms. The van der Waals surface area contributed by atoms with Gasteiger partial charge in [-0.15, -0.1) is 0 Å². The third-order valence-corrected chi connectivity index (χ3v) is 5.57. The molecule has 1 aromatic carbocycles. The molecule has 5 nitrogen and oxygen atoms in total. The van der Waals surface area contributed by atoms with Crippen LogP contribution >= 0.6 is 0 Å². The van der Waals surface area contributed by atoms with Gasteiger partial charge in [0.15, 0.2) is 11.5 Å². The van der Waals surface area contributed by atoms with E-state index < -0.39 is 0 Å². The Balaban J connectivity index is 1.37. The highest BCUT2D eigenvalue weighted by Crippen LogP contribution is 2.43. The van der Waals surface area contributed by atoms with E-state index in [2.05, 4.69) is 16.7 Å². The van der Waals surface area contributed by atoms with Crippen LogP contribution in [0.2, 0.25) is 0 Å². The molecule has 2 N–H and O–H groups in total. The van der Waals surface area contributed by atoms with Crippen molar-refractivity contribution in [3.05, 3.63) is 23.8 Å². The lowest BCUT2D eigenvalue weighted by molar-refractivity contribution is -0.122. The Bertz CT molecular complexity index is 609. The fraction of sp³-hybridized carbons (Fsp3) is 0.650. The van der Waals surface area contributed by atoms with Crippen molar-refractivity contribution in [1.29, 1.82) is 0 Å². The van der Waals surface area contributed by atoms with Crippen LogP contribution in [0, 0.1) is 11.8 Å². The fourth-order valence-corrected chi connectivity index (χ4v) is 3.91. The van der Waals surface area contributed by atoms with Gasteiger partial charge in [-0.3, -0.25) is 4.79 Å². The Morgan fingerprint density at radius 2 is 1.88 bits per heavy atom. The van der Waals surface area contributed by atoms with E-state index >= 15 is 0 Å². The molecule has 0 aromatic heterocycles. The summed E-state index contributed by atoms with van der Waals surface area (Å²) in [7, 11) is 0. The van der Waals surface area contributed by atoms with Crippen LogP contribution in [-0.2, 0) is 4.79 Å². The number of hydrogen-bond acceptors (Lipinski definition) is 4. The Hall–Kier alpha value is -1.75. The van der Waals surface area contributed by atoms with Crippen molar-refractivity contribution >= 4 is 5.91 Å². The molecule has 1 aliphatic carbocycles. The zero-order valence-corrected chi connectivity index (χ0v) is 14.8. The number of piperidine rings is 1. The molecule has 2 aliphatic heterocycles. The van der Waals surface area contributed by atoms with E-state index in [0.717, 1.165) is 36.6 Å². The number of ether oxygens (including phenoxy) is 2. The van der Waals surface area contributed by atoms with E-state index in [4.69, 9.17) is 9.47 Å². The van der Waals surface area contributed by atoms with E-state index in [1.54, 1.807) is 0 Å². The van der Waals surface area contributed by atoms with E-state index in [1.165, 1.54) is 25.7 Å². The van der Waals surface area contributed by atoms with Crippen LogP contribution in [0.4, 0.5) is 0 Å². The number of rotatable bonds is 6. The van der Waals surface area contributed by atoms with Crippen LogP contribution < -0.4 is 20.1 Å². The highest BCUT2D eigenvalue weighted by Gasteiger charge is 2.34. The first-order chi connectivity index (χ1) is 12.3. The van der Waals surface area contributed by atoms with E-state index in [0.29, 0.717) is 31.5 Å². The number of carbonyl (C=O) groups is 1. The molecule has 2 heterocycles. The predicted molar refractivity (Wildman–Crippen MR) is 95.9 cm³/mol. The number of carbonyl (C=O) groups excluding carboxylic acids is 1. The molecule has 1 saturated carbocycles. The first-order valence-electron chi connectivity index (χ1n) is 9.69. The summed E-state index contributed by atoms with van der Waals surface area (Å²) in [4.78, 5) is 12.5. The Kier molecular flexibility index (Phi) is 5.11. The average Bonchev–Trinajstić information content (AvgIpc) is 3.50. The molecular formula is C20H28N2O3. The lowest BCUT2D eigenvalue weighted by atomic mass is 9.93. The van der Waals surface area contributed by atoms with E-state index in [-0.39, 0.29) is 11.9 Å². The van der Waals surface area contributed by atoms with Gasteiger partial charge in [0.05, 0.1) is 6.04 Å². The van der Waals surface area contributed by atoms with Crippen LogP contribution in [0.1, 0.15) is 50.1 Å². The van der Waals surface area contributed by atoms with E-state index in [1.807, 2.05) is 12.1 Å². The van der Waals surface area contributed by atoms with Crippen LogP contribution in [0.3, 0.4) is 0 Å². The number of hydrogen-bond donors (Lipinski definition) is 2. The second kappa shape index (κ2) is 7.65. The van der Waals surface area contributed by atoms with Crippen LogP contribution in [0.15, 0.2) is 18.2 Å². The van der Waals surface area contributed by atoms with Gasteiger partial charge in [-0.05, 0) is 74.7 Å². The zero-order chi connectivity index (χ0) is 17.1. The molecule has 0 radical (unpaired) electrons. The van der Waals surface area contributed by atoms with Crippen molar-refractivity contribution in [2.24, 2.45) is 11.8 Å². The predicted octanol–water partition coefficient (Wildman–Crippen LogP) is 2.80. The SMILES string of the molecule is O=C(CCC1CCNCC1)NC(c1ccc2c(c1)OCCO2)C1CC1. The van der Waals surface area contributed by atoms with Gasteiger partial charge in [0.25, 0.3) is 0 Å². The maximum atomic E-state index is 12.5. The van der Waals surface area contributed by atoms with Crippen molar-refractivity contribution in [2.75, 3.05) is 26.3 Å². The van der Waals surface area contributed by atoms with E-state index in [9.17, 15) is 4.79 Å². The van der Waals surface area contributed by atoms with Crippen LogP contribution in [-0.4, -0.2) is 32.2 Å². The maximum absolute atomic E-state index is 12.5. The lowest BCUT2D eigenvalue weighted by Crippen LogP contribution is -2.32. The molecule has 3 aliphatic rings. The van der Waals surface area contributed by atoms with Gasteiger partial charge >= 0.3 is 0 Å². The van der Waals surface area contributed by atoms with Gasteiger partial charge in [0.1, 0.15) is 13.2 Å². The standard InChI is InChI=1S/C20H28N2O3/c23-19(6-1-14-7-9-21-10-8-14)22-20(15-2-3-15)16-4-5-17-18(13-16)25-12-11-24-17/h4-5,13-15,20-21H,1-3,6-12H2,(H,22,23). The molecule has 0 bridgehead atoms. The van der Waals surface area contributed by atoms with Crippen molar-refractivity contribution in [3.8, 4) is 11.5 Å². The van der Waals surface area contributed by atoms with Crippen LogP contribution in [0.25, 0.3) is 0 Å². The molecule has 1 saturated heterocycles. The molecule has 5 heteroatoms. The topological polar surface area (TPSA) is 59.6 Å². The summed E-state index contributed by atoms with van der Waals surface area (Å²) in [6.45, 7) is 3.38. The third kappa shape index (κ3) is 4.27. The average molecular weight is 344 g/mol. The number of benzene rings is 1. The monoisotopic (exact) mass is 344 g/mol. The zero-order valence-electron chi connectivity index (χ0n) is 14.8. The maximum Gasteiger partial charge on any atom is 0.220 e.